The van der Waals surface area contributed by atoms with Gasteiger partial charge in [-0.3, -0.25) is 4.98 Å². The first-order valence-electron chi connectivity index (χ1n) is 10.7. The standard InChI is InChI=1S/C23H19F3N6O/c24-23(25,26)22-21(29-31-30-22)15-5-6-27-18(7-15)19-10-32(12-28-19)9-16-11-33-20-8-14(13-1-2-13)3-4-17(16)20/h3-8,10,12-13,16H,1-2,9,11H2,(H,29,30,31)/t16-/m0/s1. The van der Waals surface area contributed by atoms with Crippen molar-refractivity contribution in [3.63, 3.8) is 0 Å². The van der Waals surface area contributed by atoms with Crippen molar-refractivity contribution in [2.24, 2.45) is 0 Å². The number of alkyl halides is 3. The minimum Gasteiger partial charge on any atom is -0.493 e. The van der Waals surface area contributed by atoms with E-state index in [1.165, 1.54) is 42.3 Å². The molecule has 4 aromatic rings. The molecule has 4 heterocycles. The lowest BCUT2D eigenvalue weighted by molar-refractivity contribution is -0.140. The molecule has 1 aliphatic carbocycles. The van der Waals surface area contributed by atoms with Gasteiger partial charge in [-0.1, -0.05) is 12.1 Å². The molecule has 3 aromatic heterocycles. The first-order valence-corrected chi connectivity index (χ1v) is 10.7. The zero-order valence-corrected chi connectivity index (χ0v) is 17.4. The first kappa shape index (κ1) is 20.0. The number of benzene rings is 1. The molecule has 1 aromatic carbocycles. The number of fused-ring (bicyclic) bond motifs is 1. The van der Waals surface area contributed by atoms with E-state index in [0.29, 0.717) is 30.5 Å². The number of hydrogen-bond acceptors (Lipinski definition) is 5. The molecule has 6 rings (SSSR count). The summed E-state index contributed by atoms with van der Waals surface area (Å²) in [5, 5.41) is 8.99. The Morgan fingerprint density at radius 2 is 1.94 bits per heavy atom. The van der Waals surface area contributed by atoms with Crippen LogP contribution in [0.4, 0.5) is 13.2 Å². The highest BCUT2D eigenvalue weighted by atomic mass is 19.4. The van der Waals surface area contributed by atoms with Crippen LogP contribution >= 0.6 is 0 Å². The molecule has 1 saturated carbocycles. The minimum absolute atomic E-state index is 0.207. The van der Waals surface area contributed by atoms with E-state index < -0.39 is 11.9 Å². The predicted molar refractivity (Wildman–Crippen MR) is 112 cm³/mol. The number of aromatic nitrogens is 6. The van der Waals surface area contributed by atoms with Crippen molar-refractivity contribution in [1.29, 1.82) is 0 Å². The molecule has 1 N–H and O–H groups in total. The number of ether oxygens (including phenoxy) is 1. The fourth-order valence-corrected chi connectivity index (χ4v) is 4.31. The molecular weight excluding hydrogens is 433 g/mol. The first-order chi connectivity index (χ1) is 16.0. The summed E-state index contributed by atoms with van der Waals surface area (Å²) in [6, 6.07) is 9.54. The van der Waals surface area contributed by atoms with Crippen LogP contribution < -0.4 is 4.74 Å². The van der Waals surface area contributed by atoms with Gasteiger partial charge in [0.25, 0.3) is 0 Å². The number of imidazole rings is 1. The normalized spacial score (nSPS) is 17.7. The van der Waals surface area contributed by atoms with Crippen LogP contribution in [0.25, 0.3) is 22.6 Å². The van der Waals surface area contributed by atoms with Gasteiger partial charge in [-0.05, 0) is 42.5 Å². The van der Waals surface area contributed by atoms with Gasteiger partial charge in [0.15, 0.2) is 5.69 Å². The van der Waals surface area contributed by atoms with Crippen LogP contribution in [0, 0.1) is 0 Å². The van der Waals surface area contributed by atoms with E-state index in [0.717, 1.165) is 5.75 Å². The van der Waals surface area contributed by atoms with Gasteiger partial charge < -0.3 is 9.30 Å². The number of aromatic amines is 1. The molecular formula is C23H19F3N6O. The third-order valence-electron chi connectivity index (χ3n) is 6.14. The van der Waals surface area contributed by atoms with Crippen molar-refractivity contribution in [3.05, 3.63) is 65.9 Å². The van der Waals surface area contributed by atoms with Gasteiger partial charge in [-0.25, -0.2) is 4.98 Å². The lowest BCUT2D eigenvalue weighted by atomic mass is 9.98. The number of nitrogens with one attached hydrogen (secondary N) is 1. The zero-order chi connectivity index (χ0) is 22.6. The fourth-order valence-electron chi connectivity index (χ4n) is 4.31. The van der Waals surface area contributed by atoms with Gasteiger partial charge in [0.05, 0.1) is 18.6 Å². The summed E-state index contributed by atoms with van der Waals surface area (Å²) in [7, 11) is 0. The number of H-pyrrole nitrogens is 1. The Morgan fingerprint density at radius 1 is 1.06 bits per heavy atom. The number of rotatable bonds is 5. The predicted octanol–water partition coefficient (Wildman–Crippen LogP) is 4.80. The Kier molecular flexibility index (Phi) is 4.49. The maximum atomic E-state index is 13.2. The third kappa shape index (κ3) is 3.75. The Bertz CT molecular complexity index is 1320. The van der Waals surface area contributed by atoms with E-state index in [1.54, 1.807) is 6.33 Å². The van der Waals surface area contributed by atoms with Crippen LogP contribution in [-0.4, -0.2) is 36.6 Å². The molecule has 33 heavy (non-hydrogen) atoms. The summed E-state index contributed by atoms with van der Waals surface area (Å²) >= 11 is 0. The summed E-state index contributed by atoms with van der Waals surface area (Å²) in [4.78, 5) is 8.70. The van der Waals surface area contributed by atoms with Crippen molar-refractivity contribution in [3.8, 4) is 28.4 Å². The average Bonchev–Trinajstić information content (AvgIpc) is 3.20. The van der Waals surface area contributed by atoms with Crippen LogP contribution in [0.1, 0.15) is 41.5 Å². The van der Waals surface area contributed by atoms with Crippen LogP contribution in [0.5, 0.6) is 5.75 Å². The van der Waals surface area contributed by atoms with Crippen molar-refractivity contribution < 1.29 is 17.9 Å². The van der Waals surface area contributed by atoms with E-state index in [1.807, 2.05) is 10.8 Å². The second kappa shape index (κ2) is 7.43. The third-order valence-corrected chi connectivity index (χ3v) is 6.14. The Labute approximate surface area is 186 Å². The van der Waals surface area contributed by atoms with Crippen molar-refractivity contribution in [1.82, 2.24) is 29.9 Å². The maximum Gasteiger partial charge on any atom is 0.437 e. The minimum atomic E-state index is -4.60. The molecule has 10 heteroatoms. The molecule has 1 aliphatic heterocycles. The molecule has 2 aliphatic rings. The largest absolute Gasteiger partial charge is 0.493 e. The summed E-state index contributed by atoms with van der Waals surface area (Å²) < 4.78 is 47.5. The number of hydrogen-bond donors (Lipinski definition) is 1. The Morgan fingerprint density at radius 3 is 2.76 bits per heavy atom. The van der Waals surface area contributed by atoms with E-state index >= 15 is 0 Å². The van der Waals surface area contributed by atoms with Gasteiger partial charge >= 0.3 is 6.18 Å². The Hall–Kier alpha value is -3.69. The second-order valence-electron chi connectivity index (χ2n) is 8.48. The summed E-state index contributed by atoms with van der Waals surface area (Å²) in [6.45, 7) is 1.29. The van der Waals surface area contributed by atoms with Gasteiger partial charge in [-0.15, -0.1) is 0 Å². The van der Waals surface area contributed by atoms with E-state index in [-0.39, 0.29) is 17.2 Å². The van der Waals surface area contributed by atoms with E-state index in [2.05, 4.69) is 43.6 Å². The Balaban J connectivity index is 1.23. The summed E-state index contributed by atoms with van der Waals surface area (Å²) in [6.07, 6.45) is 2.89. The molecule has 0 saturated heterocycles. The number of halogens is 3. The summed E-state index contributed by atoms with van der Waals surface area (Å²) in [5.41, 5.74) is 2.51. The van der Waals surface area contributed by atoms with E-state index in [4.69, 9.17) is 4.74 Å². The van der Waals surface area contributed by atoms with Crippen LogP contribution in [-0.2, 0) is 12.7 Å². The van der Waals surface area contributed by atoms with Gasteiger partial charge in [0.2, 0.25) is 0 Å². The van der Waals surface area contributed by atoms with Gasteiger partial charge in [0, 0.05) is 36.0 Å². The molecule has 1 atom stereocenters. The van der Waals surface area contributed by atoms with Crippen LogP contribution in [0.3, 0.4) is 0 Å². The van der Waals surface area contributed by atoms with Crippen molar-refractivity contribution in [2.75, 3.05) is 6.61 Å². The topological polar surface area (TPSA) is 81.5 Å². The SMILES string of the molecule is FC(F)(F)c1n[nH]nc1-c1ccnc(-c2cn(C[C@H]3COc4cc(C5CC5)ccc43)cn2)c1. The molecule has 0 spiro atoms. The van der Waals surface area contributed by atoms with Crippen LogP contribution in [0.2, 0.25) is 0 Å². The monoisotopic (exact) mass is 452 g/mol. The molecule has 0 radical (unpaired) electrons. The van der Waals surface area contributed by atoms with Crippen LogP contribution in [0.15, 0.2) is 49.1 Å². The second-order valence-corrected chi connectivity index (χ2v) is 8.48. The quantitative estimate of drug-likeness (QED) is 0.470. The smallest absolute Gasteiger partial charge is 0.437 e. The maximum absolute atomic E-state index is 13.2. The lowest BCUT2D eigenvalue weighted by Gasteiger charge is -2.10. The zero-order valence-electron chi connectivity index (χ0n) is 17.4. The highest BCUT2D eigenvalue weighted by Crippen LogP contribution is 2.44. The van der Waals surface area contributed by atoms with E-state index in [9.17, 15) is 13.2 Å². The average molecular weight is 452 g/mol. The van der Waals surface area contributed by atoms with Crippen molar-refractivity contribution in [2.45, 2.75) is 37.4 Å². The summed E-state index contributed by atoms with van der Waals surface area (Å²) in [5.74, 6) is 1.85. The number of nitrogens with zero attached hydrogens (tertiary/aromatic N) is 5. The lowest BCUT2D eigenvalue weighted by Crippen LogP contribution is -2.09. The highest BCUT2D eigenvalue weighted by Gasteiger charge is 2.38. The number of pyridine rings is 1. The molecule has 168 valence electrons. The molecule has 0 bridgehead atoms. The van der Waals surface area contributed by atoms with Crippen molar-refractivity contribution >= 4 is 0 Å². The molecule has 1 fully saturated rings. The highest BCUT2D eigenvalue weighted by molar-refractivity contribution is 5.67. The fraction of sp³-hybridized carbons (Fsp3) is 0.304. The molecule has 0 amide bonds. The molecule has 0 unspecified atom stereocenters. The van der Waals surface area contributed by atoms with Gasteiger partial charge in [-0.2, -0.15) is 28.6 Å². The molecule has 7 nitrogen and oxygen atoms in total. The van der Waals surface area contributed by atoms with Gasteiger partial charge in [0.1, 0.15) is 17.1 Å².